The molecule has 3 heterocycles. The molecule has 1 N–H and O–H groups in total. The fraction of sp³-hybridized carbons (Fsp3) is 0.267. The van der Waals surface area contributed by atoms with Gasteiger partial charge >= 0.3 is 0 Å². The van der Waals surface area contributed by atoms with Crippen molar-refractivity contribution in [3.63, 3.8) is 0 Å². The van der Waals surface area contributed by atoms with Gasteiger partial charge in [0.2, 0.25) is 0 Å². The number of carbonyl (C=O) groups is 1. The third-order valence-electron chi connectivity index (χ3n) is 3.41. The average Bonchev–Trinajstić information content (AvgIpc) is 3.02. The molecular weight excluding hydrogens is 332 g/mol. The predicted molar refractivity (Wildman–Crippen MR) is 85.6 cm³/mol. The standard InChI is InChI=1S/C15H15BrN4O/c16-12-4-3-7-17-14(12)15(21)19-11-5-6-13(18-10-11)20-8-1-2-9-20/h3-7,10H,1-2,8-9H2,(H,19,21). The largest absolute Gasteiger partial charge is 0.357 e. The zero-order chi connectivity index (χ0) is 14.7. The minimum absolute atomic E-state index is 0.252. The van der Waals surface area contributed by atoms with Gasteiger partial charge in [0.05, 0.1) is 11.9 Å². The summed E-state index contributed by atoms with van der Waals surface area (Å²) in [4.78, 5) is 22.9. The number of hydrogen-bond donors (Lipinski definition) is 1. The predicted octanol–water partition coefficient (Wildman–Crippen LogP) is 3.09. The van der Waals surface area contributed by atoms with Crippen LogP contribution in [-0.2, 0) is 0 Å². The lowest BCUT2D eigenvalue weighted by molar-refractivity contribution is 0.102. The zero-order valence-electron chi connectivity index (χ0n) is 11.4. The Morgan fingerprint density at radius 1 is 1.19 bits per heavy atom. The van der Waals surface area contributed by atoms with Crippen molar-refractivity contribution in [2.75, 3.05) is 23.3 Å². The molecule has 1 amide bonds. The number of anilines is 2. The second-order valence-electron chi connectivity index (χ2n) is 4.89. The average molecular weight is 347 g/mol. The van der Waals surface area contributed by atoms with Gasteiger partial charge in [-0.3, -0.25) is 4.79 Å². The van der Waals surface area contributed by atoms with Crippen molar-refractivity contribution in [3.8, 4) is 0 Å². The third-order valence-corrected chi connectivity index (χ3v) is 4.05. The Morgan fingerprint density at radius 2 is 2.00 bits per heavy atom. The SMILES string of the molecule is O=C(Nc1ccc(N2CCCC2)nc1)c1ncccc1Br. The molecule has 0 bridgehead atoms. The molecule has 0 aromatic carbocycles. The number of pyridine rings is 2. The quantitative estimate of drug-likeness (QED) is 0.927. The number of hydrogen-bond acceptors (Lipinski definition) is 4. The fourth-order valence-corrected chi connectivity index (χ4v) is 2.77. The van der Waals surface area contributed by atoms with Crippen LogP contribution in [0, 0.1) is 0 Å². The van der Waals surface area contributed by atoms with Crippen LogP contribution in [-0.4, -0.2) is 29.0 Å². The minimum Gasteiger partial charge on any atom is -0.357 e. The summed E-state index contributed by atoms with van der Waals surface area (Å²) in [5.41, 5.74) is 1.03. The first-order valence-electron chi connectivity index (χ1n) is 6.87. The van der Waals surface area contributed by atoms with Crippen LogP contribution in [0.1, 0.15) is 23.3 Å². The topological polar surface area (TPSA) is 58.1 Å². The first-order chi connectivity index (χ1) is 10.2. The van der Waals surface area contributed by atoms with Gasteiger partial charge in [-0.1, -0.05) is 0 Å². The highest BCUT2D eigenvalue weighted by molar-refractivity contribution is 9.10. The lowest BCUT2D eigenvalue weighted by Crippen LogP contribution is -2.19. The summed E-state index contributed by atoms with van der Waals surface area (Å²) in [6.07, 6.45) is 5.71. The van der Waals surface area contributed by atoms with E-state index in [1.165, 1.54) is 12.8 Å². The van der Waals surface area contributed by atoms with E-state index < -0.39 is 0 Å². The first-order valence-corrected chi connectivity index (χ1v) is 7.66. The van der Waals surface area contributed by atoms with E-state index in [2.05, 4.69) is 36.1 Å². The van der Waals surface area contributed by atoms with E-state index in [1.807, 2.05) is 12.1 Å². The lowest BCUT2D eigenvalue weighted by Gasteiger charge is -2.16. The van der Waals surface area contributed by atoms with E-state index in [4.69, 9.17) is 0 Å². The van der Waals surface area contributed by atoms with Gasteiger partial charge < -0.3 is 10.2 Å². The van der Waals surface area contributed by atoms with E-state index >= 15 is 0 Å². The molecule has 5 nitrogen and oxygen atoms in total. The molecule has 3 rings (SSSR count). The van der Waals surface area contributed by atoms with E-state index in [0.717, 1.165) is 18.9 Å². The van der Waals surface area contributed by atoms with E-state index in [1.54, 1.807) is 24.5 Å². The molecule has 0 radical (unpaired) electrons. The van der Waals surface area contributed by atoms with Crippen LogP contribution in [0.2, 0.25) is 0 Å². The number of rotatable bonds is 3. The van der Waals surface area contributed by atoms with Crippen molar-refractivity contribution in [3.05, 3.63) is 46.8 Å². The number of halogens is 1. The van der Waals surface area contributed by atoms with Crippen LogP contribution in [0.4, 0.5) is 11.5 Å². The summed E-state index contributed by atoms with van der Waals surface area (Å²) in [5.74, 6) is 0.711. The maximum absolute atomic E-state index is 12.1. The fourth-order valence-electron chi connectivity index (χ4n) is 2.34. The van der Waals surface area contributed by atoms with E-state index in [-0.39, 0.29) is 5.91 Å². The Morgan fingerprint density at radius 3 is 2.67 bits per heavy atom. The van der Waals surface area contributed by atoms with Gasteiger partial charge in [0.15, 0.2) is 0 Å². The molecule has 2 aromatic heterocycles. The summed E-state index contributed by atoms with van der Waals surface area (Å²) in [6.45, 7) is 2.11. The summed E-state index contributed by atoms with van der Waals surface area (Å²) >= 11 is 3.32. The lowest BCUT2D eigenvalue weighted by atomic mass is 10.3. The summed E-state index contributed by atoms with van der Waals surface area (Å²) in [7, 11) is 0. The summed E-state index contributed by atoms with van der Waals surface area (Å²) < 4.78 is 0.671. The smallest absolute Gasteiger partial charge is 0.275 e. The van der Waals surface area contributed by atoms with Gasteiger partial charge in [0, 0.05) is 23.8 Å². The highest BCUT2D eigenvalue weighted by Gasteiger charge is 2.14. The maximum Gasteiger partial charge on any atom is 0.275 e. The van der Waals surface area contributed by atoms with E-state index in [9.17, 15) is 4.79 Å². The Hall–Kier alpha value is -1.95. The van der Waals surface area contributed by atoms with Crippen molar-refractivity contribution < 1.29 is 4.79 Å². The van der Waals surface area contributed by atoms with Crippen LogP contribution in [0.15, 0.2) is 41.1 Å². The molecule has 0 unspecified atom stereocenters. The van der Waals surface area contributed by atoms with Gasteiger partial charge in [0.25, 0.3) is 5.91 Å². The monoisotopic (exact) mass is 346 g/mol. The number of aromatic nitrogens is 2. The molecule has 0 spiro atoms. The molecule has 21 heavy (non-hydrogen) atoms. The Kier molecular flexibility index (Phi) is 4.15. The van der Waals surface area contributed by atoms with E-state index in [0.29, 0.717) is 15.9 Å². The van der Waals surface area contributed by atoms with Crippen molar-refractivity contribution in [2.24, 2.45) is 0 Å². The number of nitrogens with one attached hydrogen (secondary N) is 1. The van der Waals surface area contributed by atoms with Gasteiger partial charge in [0.1, 0.15) is 11.5 Å². The molecule has 0 atom stereocenters. The Bertz CT molecular complexity index is 638. The van der Waals surface area contributed by atoms with Gasteiger partial charge in [-0.05, 0) is 53.0 Å². The van der Waals surface area contributed by atoms with Crippen molar-refractivity contribution in [2.45, 2.75) is 12.8 Å². The Balaban J connectivity index is 1.70. The molecule has 1 fully saturated rings. The van der Waals surface area contributed by atoms with Crippen LogP contribution in [0.5, 0.6) is 0 Å². The van der Waals surface area contributed by atoms with Crippen LogP contribution >= 0.6 is 15.9 Å². The molecule has 2 aromatic rings. The van der Waals surface area contributed by atoms with Crippen LogP contribution in [0.25, 0.3) is 0 Å². The van der Waals surface area contributed by atoms with Crippen LogP contribution < -0.4 is 10.2 Å². The summed E-state index contributed by atoms with van der Waals surface area (Å²) in [5, 5.41) is 2.80. The summed E-state index contributed by atoms with van der Waals surface area (Å²) in [6, 6.07) is 7.37. The first kappa shape index (κ1) is 14.0. The highest BCUT2D eigenvalue weighted by atomic mass is 79.9. The molecule has 1 aliphatic heterocycles. The van der Waals surface area contributed by atoms with Gasteiger partial charge in [-0.15, -0.1) is 0 Å². The maximum atomic E-state index is 12.1. The van der Waals surface area contributed by atoms with Gasteiger partial charge in [-0.25, -0.2) is 9.97 Å². The van der Waals surface area contributed by atoms with Crippen LogP contribution in [0.3, 0.4) is 0 Å². The number of carbonyl (C=O) groups excluding carboxylic acids is 1. The normalized spacial score (nSPS) is 14.2. The molecule has 108 valence electrons. The van der Waals surface area contributed by atoms with Crippen molar-refractivity contribution >= 4 is 33.3 Å². The molecule has 1 saturated heterocycles. The zero-order valence-corrected chi connectivity index (χ0v) is 13.0. The number of nitrogens with zero attached hydrogens (tertiary/aromatic N) is 3. The molecule has 6 heteroatoms. The number of amides is 1. The van der Waals surface area contributed by atoms with Crippen molar-refractivity contribution in [1.29, 1.82) is 0 Å². The minimum atomic E-state index is -0.252. The molecule has 1 aliphatic rings. The van der Waals surface area contributed by atoms with Crippen molar-refractivity contribution in [1.82, 2.24) is 9.97 Å². The Labute approximate surface area is 131 Å². The molecular formula is C15H15BrN4O. The van der Waals surface area contributed by atoms with Gasteiger partial charge in [-0.2, -0.15) is 0 Å². The second kappa shape index (κ2) is 6.22. The highest BCUT2D eigenvalue weighted by Crippen LogP contribution is 2.20. The molecule has 0 aliphatic carbocycles. The molecule has 0 saturated carbocycles. The third kappa shape index (κ3) is 3.21. The second-order valence-corrected chi connectivity index (χ2v) is 5.74.